The normalized spacial score (nSPS) is 20.3. The molecule has 0 aliphatic heterocycles. The molecule has 1 amide bonds. The van der Waals surface area contributed by atoms with E-state index in [9.17, 15) is 9.59 Å². The number of anilines is 1. The summed E-state index contributed by atoms with van der Waals surface area (Å²) >= 11 is 0. The molecule has 23 heavy (non-hydrogen) atoms. The number of rotatable bonds is 7. The number of hydrogen-bond donors (Lipinski definition) is 2. The van der Waals surface area contributed by atoms with Gasteiger partial charge in [-0.05, 0) is 56.3 Å². The minimum absolute atomic E-state index is 0.0310. The number of carbonyl (C=O) groups excluding carboxylic acids is 2. The molecule has 1 aromatic rings. The Morgan fingerprint density at radius 3 is 2.65 bits per heavy atom. The van der Waals surface area contributed by atoms with Gasteiger partial charge in [0.05, 0.1) is 6.61 Å². The van der Waals surface area contributed by atoms with Gasteiger partial charge >= 0.3 is 5.97 Å². The molecule has 1 aromatic carbocycles. The fourth-order valence-corrected chi connectivity index (χ4v) is 3.13. The van der Waals surface area contributed by atoms with Gasteiger partial charge in [-0.3, -0.25) is 9.59 Å². The zero-order chi connectivity index (χ0) is 16.7. The van der Waals surface area contributed by atoms with E-state index in [1.165, 1.54) is 0 Å². The van der Waals surface area contributed by atoms with Gasteiger partial charge in [0.2, 0.25) is 5.91 Å². The van der Waals surface area contributed by atoms with Crippen molar-refractivity contribution in [3.63, 3.8) is 0 Å². The van der Waals surface area contributed by atoms with Crippen molar-refractivity contribution in [3.8, 4) is 0 Å². The van der Waals surface area contributed by atoms with Crippen LogP contribution in [0.4, 0.5) is 5.69 Å². The highest BCUT2D eigenvalue weighted by molar-refractivity contribution is 5.92. The molecule has 5 heteroatoms. The van der Waals surface area contributed by atoms with Crippen molar-refractivity contribution in [1.82, 2.24) is 0 Å². The summed E-state index contributed by atoms with van der Waals surface area (Å²) in [5, 5.41) is 2.97. The van der Waals surface area contributed by atoms with Crippen LogP contribution in [0.25, 0.3) is 0 Å². The number of esters is 1. The van der Waals surface area contributed by atoms with Crippen LogP contribution < -0.4 is 11.1 Å². The van der Waals surface area contributed by atoms with Gasteiger partial charge < -0.3 is 15.8 Å². The average molecular weight is 318 g/mol. The molecule has 0 bridgehead atoms. The highest BCUT2D eigenvalue weighted by Gasteiger charge is 2.31. The summed E-state index contributed by atoms with van der Waals surface area (Å²) in [5.74, 6) is 0.221. The van der Waals surface area contributed by atoms with Gasteiger partial charge in [0.25, 0.3) is 0 Å². The average Bonchev–Trinajstić information content (AvgIpc) is 3.03. The largest absolute Gasteiger partial charge is 0.466 e. The Labute approximate surface area is 137 Å². The molecule has 126 valence electrons. The molecule has 3 N–H and O–H groups in total. The number of carbonyl (C=O) groups is 2. The Bertz CT molecular complexity index is 528. The fraction of sp³-hybridized carbons (Fsp3) is 0.556. The SMILES string of the molecule is CCOC(=O)CCc1ccc(NC(=O)[C@@H]2CCC[C@@H]2CN)cc1. The van der Waals surface area contributed by atoms with E-state index in [1.54, 1.807) is 6.92 Å². The van der Waals surface area contributed by atoms with E-state index >= 15 is 0 Å². The molecular weight excluding hydrogens is 292 g/mol. The van der Waals surface area contributed by atoms with E-state index in [2.05, 4.69) is 5.32 Å². The predicted octanol–water partition coefficient (Wildman–Crippen LogP) is 2.50. The fourth-order valence-electron chi connectivity index (χ4n) is 3.13. The third kappa shape index (κ3) is 5.06. The van der Waals surface area contributed by atoms with Crippen LogP contribution in [0.3, 0.4) is 0 Å². The molecule has 0 aromatic heterocycles. The van der Waals surface area contributed by atoms with Crippen LogP contribution in [0.1, 0.15) is 38.2 Å². The highest BCUT2D eigenvalue weighted by atomic mass is 16.5. The van der Waals surface area contributed by atoms with Gasteiger partial charge in [-0.15, -0.1) is 0 Å². The Morgan fingerprint density at radius 2 is 2.00 bits per heavy atom. The number of hydrogen-bond acceptors (Lipinski definition) is 4. The number of ether oxygens (including phenoxy) is 1. The molecule has 1 saturated carbocycles. The van der Waals surface area contributed by atoms with Crippen LogP contribution in [-0.4, -0.2) is 25.0 Å². The third-order valence-electron chi connectivity index (χ3n) is 4.44. The lowest BCUT2D eigenvalue weighted by atomic mass is 9.95. The van der Waals surface area contributed by atoms with Crippen LogP contribution in [0.15, 0.2) is 24.3 Å². The Kier molecular flexibility index (Phi) is 6.59. The van der Waals surface area contributed by atoms with Crippen molar-refractivity contribution in [2.45, 2.75) is 39.0 Å². The molecule has 2 rings (SSSR count). The highest BCUT2D eigenvalue weighted by Crippen LogP contribution is 2.31. The van der Waals surface area contributed by atoms with Gasteiger partial charge in [-0.25, -0.2) is 0 Å². The maximum Gasteiger partial charge on any atom is 0.306 e. The Hall–Kier alpha value is -1.88. The van der Waals surface area contributed by atoms with Gasteiger partial charge in [0.1, 0.15) is 0 Å². The van der Waals surface area contributed by atoms with Crippen molar-refractivity contribution in [2.24, 2.45) is 17.6 Å². The monoisotopic (exact) mass is 318 g/mol. The summed E-state index contributed by atoms with van der Waals surface area (Å²) in [7, 11) is 0. The second kappa shape index (κ2) is 8.67. The predicted molar refractivity (Wildman–Crippen MR) is 89.9 cm³/mol. The van der Waals surface area contributed by atoms with E-state index in [0.717, 1.165) is 30.5 Å². The van der Waals surface area contributed by atoms with Crippen molar-refractivity contribution in [3.05, 3.63) is 29.8 Å². The van der Waals surface area contributed by atoms with Crippen molar-refractivity contribution in [1.29, 1.82) is 0 Å². The summed E-state index contributed by atoms with van der Waals surface area (Å²) in [6.45, 7) is 2.79. The lowest BCUT2D eigenvalue weighted by Gasteiger charge is -2.17. The van der Waals surface area contributed by atoms with Crippen LogP contribution in [0.5, 0.6) is 0 Å². The summed E-state index contributed by atoms with van der Waals surface area (Å²) in [4.78, 5) is 23.7. The molecule has 0 unspecified atom stereocenters. The molecule has 1 fully saturated rings. The summed E-state index contributed by atoms with van der Waals surface area (Å²) in [6, 6.07) is 7.63. The number of amides is 1. The van der Waals surface area contributed by atoms with E-state index in [-0.39, 0.29) is 17.8 Å². The first-order valence-corrected chi connectivity index (χ1v) is 8.39. The van der Waals surface area contributed by atoms with Crippen molar-refractivity contribution < 1.29 is 14.3 Å². The molecule has 5 nitrogen and oxygen atoms in total. The molecule has 0 heterocycles. The lowest BCUT2D eigenvalue weighted by Crippen LogP contribution is -2.29. The van der Waals surface area contributed by atoms with E-state index in [0.29, 0.717) is 31.9 Å². The zero-order valence-corrected chi connectivity index (χ0v) is 13.7. The zero-order valence-electron chi connectivity index (χ0n) is 13.7. The minimum Gasteiger partial charge on any atom is -0.466 e. The number of aryl methyl sites for hydroxylation is 1. The first-order chi connectivity index (χ1) is 11.1. The smallest absolute Gasteiger partial charge is 0.306 e. The molecule has 1 aliphatic rings. The lowest BCUT2D eigenvalue weighted by molar-refractivity contribution is -0.143. The summed E-state index contributed by atoms with van der Waals surface area (Å²) in [6.07, 6.45) is 4.06. The minimum atomic E-state index is -0.182. The standard InChI is InChI=1S/C18H26N2O3/c1-2-23-17(21)11-8-13-6-9-15(10-7-13)20-18(22)16-5-3-4-14(16)12-19/h6-7,9-10,14,16H,2-5,8,11-12,19H2,1H3,(H,20,22)/t14-,16-/m1/s1. The topological polar surface area (TPSA) is 81.4 Å². The van der Waals surface area contributed by atoms with E-state index in [1.807, 2.05) is 24.3 Å². The summed E-state index contributed by atoms with van der Waals surface area (Å²) < 4.78 is 4.91. The molecule has 0 spiro atoms. The maximum atomic E-state index is 12.3. The van der Waals surface area contributed by atoms with Crippen LogP contribution >= 0.6 is 0 Å². The van der Waals surface area contributed by atoms with Gasteiger partial charge in [0.15, 0.2) is 0 Å². The molecule has 1 aliphatic carbocycles. The number of benzene rings is 1. The van der Waals surface area contributed by atoms with Gasteiger partial charge in [-0.1, -0.05) is 18.6 Å². The van der Waals surface area contributed by atoms with Gasteiger partial charge in [0, 0.05) is 18.0 Å². The number of nitrogens with two attached hydrogens (primary N) is 1. The van der Waals surface area contributed by atoms with E-state index < -0.39 is 0 Å². The molecule has 0 saturated heterocycles. The van der Waals surface area contributed by atoms with Crippen LogP contribution in [0.2, 0.25) is 0 Å². The summed E-state index contributed by atoms with van der Waals surface area (Å²) in [5.41, 5.74) is 7.58. The third-order valence-corrected chi connectivity index (χ3v) is 4.44. The Balaban J connectivity index is 1.85. The molecular formula is C18H26N2O3. The quantitative estimate of drug-likeness (QED) is 0.757. The maximum absolute atomic E-state index is 12.3. The Morgan fingerprint density at radius 1 is 1.26 bits per heavy atom. The van der Waals surface area contributed by atoms with Gasteiger partial charge in [-0.2, -0.15) is 0 Å². The molecule has 0 radical (unpaired) electrons. The second-order valence-corrected chi connectivity index (χ2v) is 6.02. The second-order valence-electron chi connectivity index (χ2n) is 6.02. The first-order valence-electron chi connectivity index (χ1n) is 8.39. The van der Waals surface area contributed by atoms with Crippen LogP contribution in [-0.2, 0) is 20.7 Å². The van der Waals surface area contributed by atoms with Crippen molar-refractivity contribution >= 4 is 17.6 Å². The van der Waals surface area contributed by atoms with Crippen LogP contribution in [0, 0.1) is 11.8 Å². The van der Waals surface area contributed by atoms with Crippen molar-refractivity contribution in [2.75, 3.05) is 18.5 Å². The number of nitrogens with one attached hydrogen (secondary N) is 1. The van der Waals surface area contributed by atoms with E-state index in [4.69, 9.17) is 10.5 Å². The first kappa shape index (κ1) is 17.5. The molecule has 2 atom stereocenters.